The molecule has 0 unspecified atom stereocenters. The molecular weight excluding hydrogens is 556 g/mol. The van der Waals surface area contributed by atoms with Crippen molar-refractivity contribution < 1.29 is 27.9 Å². The van der Waals surface area contributed by atoms with Crippen LogP contribution in [0.2, 0.25) is 0 Å². The summed E-state index contributed by atoms with van der Waals surface area (Å²) in [5.41, 5.74) is 2.42. The zero-order valence-corrected chi connectivity index (χ0v) is 25.5. The fraction of sp³-hybridized carbons (Fsp3) is 0.355. The van der Waals surface area contributed by atoms with Gasteiger partial charge < -0.3 is 9.84 Å². The van der Waals surface area contributed by atoms with Gasteiger partial charge in [0, 0.05) is 12.7 Å². The number of unbranched alkanes of at least 4 members (excludes halogenated alkanes) is 1. The average molecular weight is 595 g/mol. The number of hydrogen-bond donors (Lipinski definition) is 1. The Kier molecular flexibility index (Phi) is 11.0. The fourth-order valence-corrected chi connectivity index (χ4v) is 5.32. The second-order valence-electron chi connectivity index (χ2n) is 10.8. The minimum atomic E-state index is -4.06. The predicted molar refractivity (Wildman–Crippen MR) is 161 cm³/mol. The van der Waals surface area contributed by atoms with Crippen LogP contribution in [0.15, 0.2) is 78.0 Å². The number of hydrogen-bond acceptors (Lipinski definition) is 7. The molecule has 0 aliphatic rings. The number of benzene rings is 1. The van der Waals surface area contributed by atoms with E-state index in [4.69, 9.17) is 4.74 Å². The molecule has 2 aromatic heterocycles. The Morgan fingerprint density at radius 3 is 2.31 bits per heavy atom. The van der Waals surface area contributed by atoms with Crippen molar-refractivity contribution in [2.75, 3.05) is 11.4 Å². The number of aromatic nitrogens is 2. The van der Waals surface area contributed by atoms with Crippen LogP contribution in [0.1, 0.15) is 64.3 Å². The maximum absolute atomic E-state index is 13.7. The van der Waals surface area contributed by atoms with Crippen LogP contribution >= 0.6 is 0 Å². The van der Waals surface area contributed by atoms with Crippen LogP contribution in [0.3, 0.4) is 0 Å². The zero-order chi connectivity index (χ0) is 30.9. The van der Waals surface area contributed by atoms with E-state index in [-0.39, 0.29) is 23.9 Å². The summed E-state index contributed by atoms with van der Waals surface area (Å²) in [6, 6.07) is 17.0. The highest BCUT2D eigenvalue weighted by Gasteiger charge is 2.29. The summed E-state index contributed by atoms with van der Waals surface area (Å²) in [5.74, 6) is -1.23. The molecule has 11 heteroatoms. The molecule has 224 valence electrons. The molecule has 10 nitrogen and oxygen atoms in total. The van der Waals surface area contributed by atoms with E-state index in [0.29, 0.717) is 5.69 Å². The molecule has 1 aromatic carbocycles. The number of carboxylic acid groups (broad SMARTS) is 1. The monoisotopic (exact) mass is 594 g/mol. The van der Waals surface area contributed by atoms with Gasteiger partial charge in [-0.2, -0.15) is 4.31 Å². The maximum atomic E-state index is 13.7. The number of carbonyl (C=O) groups excluding carboxylic acids is 1. The van der Waals surface area contributed by atoms with Crippen molar-refractivity contribution in [3.05, 3.63) is 89.8 Å². The molecule has 0 spiro atoms. The summed E-state index contributed by atoms with van der Waals surface area (Å²) in [6.45, 7) is 8.38. The standard InChI is InChI=1S/C31H38N4O6S/c1-6-7-11-23(2)25-17-15-24(16-18-25)20-34(42(39,40)28-14-8-9-19-32-28)21-26-12-10-13-27(33-26)35(22-29(36)37)30(38)41-31(3,4)5/h8-19H,6-7,20-22H2,1-5H3,(H,36,37). The predicted octanol–water partition coefficient (Wildman–Crippen LogP) is 5.90. The number of carboxylic acids is 1. The number of amides is 1. The molecule has 0 aliphatic heterocycles. The van der Waals surface area contributed by atoms with Crippen LogP contribution in [0.25, 0.3) is 5.57 Å². The molecule has 0 fully saturated rings. The molecule has 42 heavy (non-hydrogen) atoms. The summed E-state index contributed by atoms with van der Waals surface area (Å²) in [7, 11) is -4.06. The van der Waals surface area contributed by atoms with Crippen molar-refractivity contribution in [2.24, 2.45) is 0 Å². The van der Waals surface area contributed by atoms with E-state index in [2.05, 4.69) is 23.0 Å². The number of anilines is 1. The fourth-order valence-electron chi connectivity index (χ4n) is 3.99. The van der Waals surface area contributed by atoms with Gasteiger partial charge in [-0.25, -0.2) is 23.2 Å². The van der Waals surface area contributed by atoms with E-state index in [1.807, 2.05) is 31.2 Å². The summed E-state index contributed by atoms with van der Waals surface area (Å²) < 4.78 is 34.1. The van der Waals surface area contributed by atoms with E-state index in [9.17, 15) is 23.1 Å². The SMILES string of the molecule is CCCC=C(C)c1ccc(CN(Cc2cccc(N(CC(=O)O)C(=O)OC(C)(C)C)n2)S(=O)(=O)c2ccccn2)cc1. The molecule has 3 aromatic rings. The van der Waals surface area contributed by atoms with Crippen molar-refractivity contribution in [2.45, 2.75) is 71.2 Å². The quantitative estimate of drug-likeness (QED) is 0.274. The smallest absolute Gasteiger partial charge is 0.416 e. The van der Waals surface area contributed by atoms with E-state index in [0.717, 1.165) is 34.4 Å². The molecule has 0 saturated carbocycles. The Bertz CT molecular complexity index is 1500. The molecule has 0 atom stereocenters. The number of carbonyl (C=O) groups is 2. The largest absolute Gasteiger partial charge is 0.480 e. The summed E-state index contributed by atoms with van der Waals surface area (Å²) in [4.78, 5) is 33.8. The lowest BCUT2D eigenvalue weighted by Crippen LogP contribution is -2.40. The Labute approximate surface area is 247 Å². The highest BCUT2D eigenvalue weighted by atomic mass is 32.2. The Morgan fingerprint density at radius 2 is 1.71 bits per heavy atom. The number of pyridine rings is 2. The lowest BCUT2D eigenvalue weighted by Gasteiger charge is -2.26. The summed E-state index contributed by atoms with van der Waals surface area (Å²) in [6.07, 6.45) is 4.74. The van der Waals surface area contributed by atoms with E-state index in [1.165, 1.54) is 22.6 Å². The number of aliphatic carboxylic acids is 1. The van der Waals surface area contributed by atoms with Crippen molar-refractivity contribution in [1.29, 1.82) is 0 Å². The summed E-state index contributed by atoms with van der Waals surface area (Å²) in [5, 5.41) is 9.31. The maximum Gasteiger partial charge on any atom is 0.416 e. The second kappa shape index (κ2) is 14.2. The van der Waals surface area contributed by atoms with Gasteiger partial charge in [0.2, 0.25) is 0 Å². The Morgan fingerprint density at radius 1 is 1.00 bits per heavy atom. The van der Waals surface area contributed by atoms with E-state index >= 15 is 0 Å². The third kappa shape index (κ3) is 9.22. The normalized spacial score (nSPS) is 12.3. The van der Waals surface area contributed by atoms with Gasteiger partial charge in [-0.05, 0) is 75.1 Å². The topological polar surface area (TPSA) is 130 Å². The lowest BCUT2D eigenvalue weighted by atomic mass is 10.0. The first kappa shape index (κ1) is 32.4. The Balaban J connectivity index is 1.97. The molecule has 0 saturated heterocycles. The van der Waals surface area contributed by atoms with Crippen LogP contribution in [0.4, 0.5) is 10.6 Å². The van der Waals surface area contributed by atoms with Crippen molar-refractivity contribution in [3.63, 3.8) is 0 Å². The number of allylic oxidation sites excluding steroid dienone is 2. The minimum absolute atomic E-state index is 0.0260. The second-order valence-corrected chi connectivity index (χ2v) is 12.6. The van der Waals surface area contributed by atoms with Crippen LogP contribution in [0.5, 0.6) is 0 Å². The summed E-state index contributed by atoms with van der Waals surface area (Å²) >= 11 is 0. The first-order valence-corrected chi connectivity index (χ1v) is 15.1. The third-order valence-electron chi connectivity index (χ3n) is 6.06. The van der Waals surface area contributed by atoms with Gasteiger partial charge in [-0.1, -0.05) is 55.8 Å². The van der Waals surface area contributed by atoms with Gasteiger partial charge in [0.15, 0.2) is 5.03 Å². The van der Waals surface area contributed by atoms with Crippen LogP contribution < -0.4 is 4.90 Å². The first-order chi connectivity index (χ1) is 19.8. The number of rotatable bonds is 12. The molecule has 3 rings (SSSR count). The van der Waals surface area contributed by atoms with Crippen LogP contribution in [-0.4, -0.2) is 52.0 Å². The van der Waals surface area contributed by atoms with Gasteiger partial charge in [0.05, 0.1) is 12.2 Å². The molecular formula is C31H38N4O6S. The third-order valence-corrected chi connectivity index (χ3v) is 7.77. The van der Waals surface area contributed by atoms with Gasteiger partial charge >= 0.3 is 12.1 Å². The molecule has 2 heterocycles. The van der Waals surface area contributed by atoms with E-state index < -0.39 is 34.2 Å². The van der Waals surface area contributed by atoms with Crippen molar-refractivity contribution in [1.82, 2.24) is 14.3 Å². The Hall–Kier alpha value is -4.09. The average Bonchev–Trinajstić information content (AvgIpc) is 2.94. The zero-order valence-electron chi connectivity index (χ0n) is 24.6. The van der Waals surface area contributed by atoms with Crippen LogP contribution in [-0.2, 0) is 32.6 Å². The van der Waals surface area contributed by atoms with Gasteiger partial charge in [-0.15, -0.1) is 0 Å². The van der Waals surface area contributed by atoms with Gasteiger partial charge in [-0.3, -0.25) is 9.69 Å². The minimum Gasteiger partial charge on any atom is -0.480 e. The highest BCUT2D eigenvalue weighted by molar-refractivity contribution is 7.89. The van der Waals surface area contributed by atoms with Gasteiger partial charge in [0.1, 0.15) is 18.0 Å². The number of ether oxygens (including phenoxy) is 1. The molecule has 0 radical (unpaired) electrons. The van der Waals surface area contributed by atoms with Crippen molar-refractivity contribution >= 4 is 33.5 Å². The number of sulfonamides is 1. The highest BCUT2D eigenvalue weighted by Crippen LogP contribution is 2.23. The van der Waals surface area contributed by atoms with Gasteiger partial charge in [0.25, 0.3) is 10.0 Å². The molecule has 0 bridgehead atoms. The number of nitrogens with zero attached hydrogens (tertiary/aromatic N) is 4. The lowest BCUT2D eigenvalue weighted by molar-refractivity contribution is -0.135. The molecule has 1 N–H and O–H groups in total. The molecule has 1 amide bonds. The van der Waals surface area contributed by atoms with E-state index in [1.54, 1.807) is 45.0 Å². The van der Waals surface area contributed by atoms with Crippen molar-refractivity contribution in [3.8, 4) is 0 Å². The van der Waals surface area contributed by atoms with Crippen LogP contribution in [0, 0.1) is 0 Å². The molecule has 0 aliphatic carbocycles. The first-order valence-electron chi connectivity index (χ1n) is 13.7.